The highest BCUT2D eigenvalue weighted by Gasteiger charge is 2.37. The molecule has 0 saturated carbocycles. The molecule has 0 spiro atoms. The maximum Gasteiger partial charge on any atom is 0.413 e. The van der Waals surface area contributed by atoms with Gasteiger partial charge in [0, 0.05) is 32.0 Å². The van der Waals surface area contributed by atoms with Crippen molar-refractivity contribution in [3.8, 4) is 6.07 Å². The van der Waals surface area contributed by atoms with Gasteiger partial charge in [-0.3, -0.25) is 0 Å². The Morgan fingerprint density at radius 2 is 1.88 bits per heavy atom. The zero-order valence-corrected chi connectivity index (χ0v) is 9.73. The molecule has 0 atom stereocenters. The summed E-state index contributed by atoms with van der Waals surface area (Å²) in [5.41, 5.74) is -1.38. The molecule has 3 nitrogen and oxygen atoms in total. The van der Waals surface area contributed by atoms with E-state index >= 15 is 0 Å². The van der Waals surface area contributed by atoms with Crippen molar-refractivity contribution < 1.29 is 22.6 Å². The molecule has 0 aliphatic heterocycles. The third-order valence-electron chi connectivity index (χ3n) is 1.90. The highest BCUT2D eigenvalue weighted by atomic mass is 32.1. The van der Waals surface area contributed by atoms with Gasteiger partial charge < -0.3 is 9.47 Å². The Balaban J connectivity index is 5.13. The van der Waals surface area contributed by atoms with Crippen molar-refractivity contribution in [2.24, 2.45) is 0 Å². The van der Waals surface area contributed by atoms with Gasteiger partial charge in [-0.15, -0.1) is 0 Å². The molecule has 7 heteroatoms. The number of thiol groups is 1. The van der Waals surface area contributed by atoms with Crippen molar-refractivity contribution in [2.45, 2.75) is 18.9 Å². The molecular formula is C9H12F3NO2S. The SMILES string of the molecule is COC(C/C(=C(/C#N)CS)C(F)(F)F)OC. The van der Waals surface area contributed by atoms with E-state index in [9.17, 15) is 13.2 Å². The number of alkyl halides is 3. The van der Waals surface area contributed by atoms with Crippen molar-refractivity contribution in [1.29, 1.82) is 5.26 Å². The van der Waals surface area contributed by atoms with E-state index in [1.54, 1.807) is 0 Å². The lowest BCUT2D eigenvalue weighted by Crippen LogP contribution is -2.22. The molecule has 0 fully saturated rings. The van der Waals surface area contributed by atoms with Crippen LogP contribution in [0, 0.1) is 11.3 Å². The first kappa shape index (κ1) is 15.3. The van der Waals surface area contributed by atoms with Crippen LogP contribution in [0.3, 0.4) is 0 Å². The fraction of sp³-hybridized carbons (Fsp3) is 0.667. The zero-order valence-electron chi connectivity index (χ0n) is 8.84. The van der Waals surface area contributed by atoms with Crippen LogP contribution in [0.2, 0.25) is 0 Å². The minimum absolute atomic E-state index is 0.272. The zero-order chi connectivity index (χ0) is 12.8. The quantitative estimate of drug-likeness (QED) is 0.465. The van der Waals surface area contributed by atoms with Gasteiger partial charge in [-0.25, -0.2) is 0 Å². The first-order chi connectivity index (χ1) is 7.40. The summed E-state index contributed by atoms with van der Waals surface area (Å²) in [5.74, 6) is -0.272. The van der Waals surface area contributed by atoms with Gasteiger partial charge in [0.15, 0.2) is 6.29 Å². The van der Waals surface area contributed by atoms with E-state index in [0.717, 1.165) is 0 Å². The molecule has 0 amide bonds. The van der Waals surface area contributed by atoms with Gasteiger partial charge in [-0.05, 0) is 0 Å². The minimum atomic E-state index is -4.58. The Hall–Kier alpha value is -0.710. The Bertz CT molecular complexity index is 292. The number of rotatable bonds is 5. The number of halogens is 3. The molecule has 0 aliphatic rings. The van der Waals surface area contributed by atoms with E-state index < -0.39 is 30.0 Å². The van der Waals surface area contributed by atoms with Crippen LogP contribution in [0.5, 0.6) is 0 Å². The summed E-state index contributed by atoms with van der Waals surface area (Å²) >= 11 is 3.69. The van der Waals surface area contributed by atoms with Crippen molar-refractivity contribution in [1.82, 2.24) is 0 Å². The monoisotopic (exact) mass is 255 g/mol. The Morgan fingerprint density at radius 1 is 1.38 bits per heavy atom. The summed E-state index contributed by atoms with van der Waals surface area (Å²) in [7, 11) is 2.46. The predicted octanol–water partition coefficient (Wildman–Crippen LogP) is 2.31. The summed E-state index contributed by atoms with van der Waals surface area (Å²) in [6.45, 7) is 0. The molecule has 0 heterocycles. The summed E-state index contributed by atoms with van der Waals surface area (Å²) in [4.78, 5) is 0. The van der Waals surface area contributed by atoms with Crippen LogP contribution in [0.25, 0.3) is 0 Å². The van der Waals surface area contributed by atoms with Gasteiger partial charge in [0.2, 0.25) is 0 Å². The highest BCUT2D eigenvalue weighted by Crippen LogP contribution is 2.32. The van der Waals surface area contributed by atoms with Gasteiger partial charge >= 0.3 is 6.18 Å². The number of hydrogen-bond acceptors (Lipinski definition) is 4. The number of methoxy groups -OCH3 is 2. The molecule has 0 bridgehead atoms. The second kappa shape index (κ2) is 6.78. The summed E-state index contributed by atoms with van der Waals surface area (Å²) < 4.78 is 47.2. The molecule has 0 aromatic heterocycles. The van der Waals surface area contributed by atoms with E-state index in [2.05, 4.69) is 22.1 Å². The maximum absolute atomic E-state index is 12.6. The molecule has 0 radical (unpaired) electrons. The molecule has 0 rings (SSSR count). The van der Waals surface area contributed by atoms with Gasteiger partial charge in [0.1, 0.15) is 0 Å². The standard InChI is InChI=1S/C9H12F3NO2S/c1-14-8(15-2)3-7(9(10,11)12)6(4-13)5-16/h8,16H,3,5H2,1-2H3/b7-6+. The van der Waals surface area contributed by atoms with Crippen molar-refractivity contribution >= 4 is 12.6 Å². The van der Waals surface area contributed by atoms with Gasteiger partial charge in [0.05, 0.1) is 11.6 Å². The predicted molar refractivity (Wildman–Crippen MR) is 55.0 cm³/mol. The first-order valence-electron chi connectivity index (χ1n) is 4.26. The van der Waals surface area contributed by atoms with E-state index in [1.807, 2.05) is 0 Å². The van der Waals surface area contributed by atoms with Crippen LogP contribution in [0.15, 0.2) is 11.1 Å². The van der Waals surface area contributed by atoms with E-state index in [0.29, 0.717) is 0 Å². The van der Waals surface area contributed by atoms with E-state index in [1.165, 1.54) is 20.3 Å². The molecule has 92 valence electrons. The van der Waals surface area contributed by atoms with Crippen molar-refractivity contribution in [3.63, 3.8) is 0 Å². The van der Waals surface area contributed by atoms with Crippen LogP contribution < -0.4 is 0 Å². The lowest BCUT2D eigenvalue weighted by atomic mass is 10.1. The molecule has 0 aromatic rings. The smallest absolute Gasteiger partial charge is 0.356 e. The maximum atomic E-state index is 12.6. The van der Waals surface area contributed by atoms with Crippen molar-refractivity contribution in [2.75, 3.05) is 20.0 Å². The Morgan fingerprint density at radius 3 is 2.12 bits per heavy atom. The molecular weight excluding hydrogens is 243 g/mol. The molecule has 0 aliphatic carbocycles. The van der Waals surface area contributed by atoms with Crippen LogP contribution >= 0.6 is 12.6 Å². The number of nitriles is 1. The number of nitrogens with zero attached hydrogens (tertiary/aromatic N) is 1. The van der Waals surface area contributed by atoms with Crippen LogP contribution in [-0.4, -0.2) is 32.4 Å². The third-order valence-corrected chi connectivity index (χ3v) is 2.21. The van der Waals surface area contributed by atoms with Crippen LogP contribution in [0.1, 0.15) is 6.42 Å². The fourth-order valence-electron chi connectivity index (χ4n) is 1.04. The lowest BCUT2D eigenvalue weighted by Gasteiger charge is -2.18. The van der Waals surface area contributed by atoms with E-state index in [-0.39, 0.29) is 5.75 Å². The summed E-state index contributed by atoms with van der Waals surface area (Å²) in [6.07, 6.45) is -6.14. The summed E-state index contributed by atoms with van der Waals surface area (Å²) in [5, 5.41) is 8.58. The topological polar surface area (TPSA) is 42.2 Å². The Labute approximate surface area is 97.2 Å². The van der Waals surface area contributed by atoms with E-state index in [4.69, 9.17) is 5.26 Å². The normalized spacial score (nSPS) is 13.6. The molecule has 0 saturated heterocycles. The number of hydrogen-bond donors (Lipinski definition) is 1. The number of ether oxygens (including phenoxy) is 2. The van der Waals surface area contributed by atoms with Gasteiger partial charge in [-0.2, -0.15) is 31.1 Å². The second-order valence-corrected chi connectivity index (χ2v) is 3.15. The average Bonchev–Trinajstić information content (AvgIpc) is 2.23. The molecule has 0 aromatic carbocycles. The van der Waals surface area contributed by atoms with Crippen LogP contribution in [0.4, 0.5) is 13.2 Å². The summed E-state index contributed by atoms with van der Waals surface area (Å²) in [6, 6.07) is 1.48. The molecule has 0 unspecified atom stereocenters. The van der Waals surface area contributed by atoms with Gasteiger partial charge in [-0.1, -0.05) is 0 Å². The molecule has 0 N–H and O–H groups in total. The minimum Gasteiger partial charge on any atom is -0.356 e. The Kier molecular flexibility index (Phi) is 6.48. The van der Waals surface area contributed by atoms with Crippen LogP contribution in [-0.2, 0) is 9.47 Å². The fourth-order valence-corrected chi connectivity index (χ4v) is 1.30. The van der Waals surface area contributed by atoms with Crippen molar-refractivity contribution in [3.05, 3.63) is 11.1 Å². The van der Waals surface area contributed by atoms with Gasteiger partial charge in [0.25, 0.3) is 0 Å². The lowest BCUT2D eigenvalue weighted by molar-refractivity contribution is -0.129. The highest BCUT2D eigenvalue weighted by molar-refractivity contribution is 7.80. The average molecular weight is 255 g/mol. The second-order valence-electron chi connectivity index (χ2n) is 2.83. The first-order valence-corrected chi connectivity index (χ1v) is 4.89. The third kappa shape index (κ3) is 4.43. The molecule has 16 heavy (non-hydrogen) atoms. The largest absolute Gasteiger partial charge is 0.413 e.